The summed E-state index contributed by atoms with van der Waals surface area (Å²) in [4.78, 5) is 4.15. The van der Waals surface area contributed by atoms with Crippen LogP contribution in [0, 0.1) is 0 Å². The van der Waals surface area contributed by atoms with E-state index in [-0.39, 0.29) is 6.54 Å². The van der Waals surface area contributed by atoms with Gasteiger partial charge in [-0.2, -0.15) is 18.3 Å². The minimum atomic E-state index is -4.41. The molecule has 0 atom stereocenters. The number of aromatic nitrogens is 3. The van der Waals surface area contributed by atoms with Crippen LogP contribution in [0.1, 0.15) is 16.4 Å². The first-order valence-electron chi connectivity index (χ1n) is 4.73. The molecule has 0 spiro atoms. The average molecular weight is 262 g/mol. The number of thiazole rings is 1. The van der Waals surface area contributed by atoms with E-state index in [4.69, 9.17) is 5.73 Å². The number of nitrogens with zero attached hydrogens (tertiary/aromatic N) is 3. The van der Waals surface area contributed by atoms with Gasteiger partial charge in [0.15, 0.2) is 5.69 Å². The van der Waals surface area contributed by atoms with Gasteiger partial charge in [0.2, 0.25) is 0 Å². The van der Waals surface area contributed by atoms with Crippen molar-refractivity contribution in [3.8, 4) is 0 Å². The molecule has 2 heterocycles. The largest absolute Gasteiger partial charge is 0.435 e. The Morgan fingerprint density at radius 3 is 2.71 bits per heavy atom. The lowest BCUT2D eigenvalue weighted by Crippen LogP contribution is -2.08. The van der Waals surface area contributed by atoms with Crippen molar-refractivity contribution in [3.05, 3.63) is 34.0 Å². The van der Waals surface area contributed by atoms with Gasteiger partial charge in [-0.25, -0.2) is 4.98 Å². The Morgan fingerprint density at radius 1 is 1.41 bits per heavy atom. The molecule has 0 fully saturated rings. The lowest BCUT2D eigenvalue weighted by Gasteiger charge is -2.01. The monoisotopic (exact) mass is 262 g/mol. The Labute approximate surface area is 98.9 Å². The van der Waals surface area contributed by atoms with E-state index in [9.17, 15) is 13.2 Å². The molecule has 2 aromatic rings. The molecule has 0 saturated heterocycles. The van der Waals surface area contributed by atoms with Gasteiger partial charge < -0.3 is 5.73 Å². The molecule has 2 aromatic heterocycles. The van der Waals surface area contributed by atoms with Crippen molar-refractivity contribution < 1.29 is 13.2 Å². The Kier molecular flexibility index (Phi) is 3.16. The second-order valence-corrected chi connectivity index (χ2v) is 4.28. The summed E-state index contributed by atoms with van der Waals surface area (Å²) in [6, 6.07) is 0.941. The SMILES string of the molecule is NCc1nc(Cn2ccc(C(F)(F)F)n2)cs1. The van der Waals surface area contributed by atoms with Crippen molar-refractivity contribution in [1.82, 2.24) is 14.8 Å². The third kappa shape index (κ3) is 2.83. The Balaban J connectivity index is 2.11. The van der Waals surface area contributed by atoms with Crippen molar-refractivity contribution in [2.45, 2.75) is 19.3 Å². The molecule has 92 valence electrons. The zero-order valence-corrected chi connectivity index (χ0v) is 9.42. The van der Waals surface area contributed by atoms with E-state index in [1.165, 1.54) is 22.2 Å². The molecule has 0 unspecified atom stereocenters. The first-order valence-corrected chi connectivity index (χ1v) is 5.61. The number of alkyl halides is 3. The summed E-state index contributed by atoms with van der Waals surface area (Å²) >= 11 is 1.38. The van der Waals surface area contributed by atoms with Crippen LogP contribution in [0.5, 0.6) is 0 Å². The zero-order chi connectivity index (χ0) is 12.5. The van der Waals surface area contributed by atoms with E-state index >= 15 is 0 Å². The summed E-state index contributed by atoms with van der Waals surface area (Å²) in [6.45, 7) is 0.546. The molecule has 0 bridgehead atoms. The van der Waals surface area contributed by atoms with E-state index < -0.39 is 11.9 Å². The van der Waals surface area contributed by atoms with Crippen LogP contribution in [0.2, 0.25) is 0 Å². The van der Waals surface area contributed by atoms with Gasteiger partial charge in [-0.05, 0) is 6.07 Å². The van der Waals surface area contributed by atoms with Gasteiger partial charge in [0.1, 0.15) is 5.01 Å². The van der Waals surface area contributed by atoms with Gasteiger partial charge in [0.25, 0.3) is 0 Å². The molecule has 17 heavy (non-hydrogen) atoms. The smallest absolute Gasteiger partial charge is 0.325 e. The van der Waals surface area contributed by atoms with Crippen LogP contribution in [-0.4, -0.2) is 14.8 Å². The molecule has 2 rings (SSSR count). The quantitative estimate of drug-likeness (QED) is 0.918. The van der Waals surface area contributed by atoms with Crippen molar-refractivity contribution in [2.24, 2.45) is 5.73 Å². The molecule has 2 N–H and O–H groups in total. The fraction of sp³-hybridized carbons (Fsp3) is 0.333. The zero-order valence-electron chi connectivity index (χ0n) is 8.61. The maximum atomic E-state index is 12.3. The third-order valence-electron chi connectivity index (χ3n) is 2.03. The molecule has 4 nitrogen and oxygen atoms in total. The maximum Gasteiger partial charge on any atom is 0.435 e. The average Bonchev–Trinajstić information content (AvgIpc) is 2.86. The van der Waals surface area contributed by atoms with Crippen LogP contribution in [0.25, 0.3) is 0 Å². The summed E-state index contributed by atoms with van der Waals surface area (Å²) in [5.41, 5.74) is 5.16. The molecule has 0 aromatic carbocycles. The van der Waals surface area contributed by atoms with Crippen LogP contribution in [-0.2, 0) is 19.3 Å². The topological polar surface area (TPSA) is 56.7 Å². The summed E-state index contributed by atoms with van der Waals surface area (Å²) in [6.07, 6.45) is -3.12. The van der Waals surface area contributed by atoms with Crippen molar-refractivity contribution in [3.63, 3.8) is 0 Å². The molecule has 0 aliphatic rings. The van der Waals surface area contributed by atoms with E-state index in [0.717, 1.165) is 11.1 Å². The number of hydrogen-bond donors (Lipinski definition) is 1. The first kappa shape index (κ1) is 12.1. The van der Waals surface area contributed by atoms with E-state index in [1.54, 1.807) is 5.38 Å². The van der Waals surface area contributed by atoms with Crippen molar-refractivity contribution in [1.29, 1.82) is 0 Å². The molecular weight excluding hydrogens is 253 g/mol. The highest BCUT2D eigenvalue weighted by molar-refractivity contribution is 7.09. The summed E-state index contributed by atoms with van der Waals surface area (Å²) in [5.74, 6) is 0. The second-order valence-electron chi connectivity index (χ2n) is 3.33. The van der Waals surface area contributed by atoms with E-state index in [0.29, 0.717) is 12.2 Å². The van der Waals surface area contributed by atoms with Gasteiger partial charge >= 0.3 is 6.18 Å². The Hall–Kier alpha value is -1.41. The van der Waals surface area contributed by atoms with E-state index in [1.807, 2.05) is 0 Å². The molecule has 0 saturated carbocycles. The molecule has 0 amide bonds. The van der Waals surface area contributed by atoms with Gasteiger partial charge in [-0.1, -0.05) is 0 Å². The van der Waals surface area contributed by atoms with Gasteiger partial charge in [-0.3, -0.25) is 4.68 Å². The Morgan fingerprint density at radius 2 is 2.18 bits per heavy atom. The molecule has 8 heteroatoms. The van der Waals surface area contributed by atoms with Gasteiger partial charge in [-0.15, -0.1) is 11.3 Å². The summed E-state index contributed by atoms with van der Waals surface area (Å²) in [5, 5.41) is 5.95. The van der Waals surface area contributed by atoms with Crippen molar-refractivity contribution >= 4 is 11.3 Å². The van der Waals surface area contributed by atoms with Crippen LogP contribution < -0.4 is 5.73 Å². The summed E-state index contributed by atoms with van der Waals surface area (Å²) < 4.78 is 38.1. The predicted octanol–water partition coefficient (Wildman–Crippen LogP) is 1.87. The summed E-state index contributed by atoms with van der Waals surface area (Å²) in [7, 11) is 0. The highest BCUT2D eigenvalue weighted by Crippen LogP contribution is 2.27. The van der Waals surface area contributed by atoms with Gasteiger partial charge in [0.05, 0.1) is 12.2 Å². The molecule has 0 radical (unpaired) electrons. The van der Waals surface area contributed by atoms with Crippen LogP contribution in [0.4, 0.5) is 13.2 Å². The minimum Gasteiger partial charge on any atom is -0.325 e. The maximum absolute atomic E-state index is 12.3. The highest BCUT2D eigenvalue weighted by Gasteiger charge is 2.33. The minimum absolute atomic E-state index is 0.215. The van der Waals surface area contributed by atoms with Crippen LogP contribution in [0.3, 0.4) is 0 Å². The number of halogens is 3. The lowest BCUT2D eigenvalue weighted by molar-refractivity contribution is -0.141. The molecular formula is C9H9F3N4S. The normalized spacial score (nSPS) is 12.0. The molecule has 0 aliphatic heterocycles. The van der Waals surface area contributed by atoms with Crippen LogP contribution >= 0.6 is 11.3 Å². The lowest BCUT2D eigenvalue weighted by atomic mass is 10.4. The molecule has 0 aliphatic carbocycles. The third-order valence-corrected chi connectivity index (χ3v) is 2.95. The van der Waals surface area contributed by atoms with E-state index in [2.05, 4.69) is 10.1 Å². The van der Waals surface area contributed by atoms with Crippen LogP contribution in [0.15, 0.2) is 17.6 Å². The van der Waals surface area contributed by atoms with Gasteiger partial charge in [0, 0.05) is 18.1 Å². The number of nitrogens with two attached hydrogens (primary N) is 1. The number of hydrogen-bond acceptors (Lipinski definition) is 4. The fourth-order valence-electron chi connectivity index (χ4n) is 1.28. The first-order chi connectivity index (χ1) is 7.99. The number of rotatable bonds is 3. The fourth-order valence-corrected chi connectivity index (χ4v) is 1.95. The van der Waals surface area contributed by atoms with Crippen molar-refractivity contribution in [2.75, 3.05) is 0 Å². The predicted molar refractivity (Wildman–Crippen MR) is 56.3 cm³/mol. The highest BCUT2D eigenvalue weighted by atomic mass is 32.1. The Bertz CT molecular complexity index is 502. The second kappa shape index (κ2) is 4.46. The standard InChI is InChI=1S/C9H9F3N4S/c10-9(11,12)7-1-2-16(15-7)4-6-5-17-8(3-13)14-6/h1-2,5H,3-4,13H2.